The van der Waals surface area contributed by atoms with Gasteiger partial charge in [-0.1, -0.05) is 31.2 Å². The number of ether oxygens (including phenoxy) is 2. The van der Waals surface area contributed by atoms with Gasteiger partial charge in [0, 0.05) is 5.56 Å². The molecule has 1 aliphatic heterocycles. The highest BCUT2D eigenvalue weighted by Crippen LogP contribution is 2.32. The predicted molar refractivity (Wildman–Crippen MR) is 64.2 cm³/mol. The molecule has 0 bridgehead atoms. The van der Waals surface area contributed by atoms with Crippen LogP contribution in [0, 0.1) is 6.92 Å². The van der Waals surface area contributed by atoms with Crippen molar-refractivity contribution in [1.29, 1.82) is 0 Å². The first kappa shape index (κ1) is 11.6. The van der Waals surface area contributed by atoms with Crippen molar-refractivity contribution in [3.63, 3.8) is 0 Å². The topological polar surface area (TPSA) is 18.5 Å². The fourth-order valence-electron chi connectivity index (χ4n) is 2.16. The third-order valence-corrected chi connectivity index (χ3v) is 3.16. The lowest BCUT2D eigenvalue weighted by Gasteiger charge is -2.34. The maximum atomic E-state index is 5.95. The highest BCUT2D eigenvalue weighted by Gasteiger charge is 2.28. The van der Waals surface area contributed by atoms with Crippen molar-refractivity contribution in [3.05, 3.63) is 35.4 Å². The highest BCUT2D eigenvalue weighted by molar-refractivity contribution is 5.26. The summed E-state index contributed by atoms with van der Waals surface area (Å²) in [5.41, 5.74) is 2.39. The van der Waals surface area contributed by atoms with Crippen molar-refractivity contribution in [2.24, 2.45) is 0 Å². The lowest BCUT2D eigenvalue weighted by Crippen LogP contribution is -2.32. The summed E-state index contributed by atoms with van der Waals surface area (Å²) in [7, 11) is 0. The van der Waals surface area contributed by atoms with E-state index in [2.05, 4.69) is 32.9 Å². The van der Waals surface area contributed by atoms with E-state index in [1.807, 2.05) is 12.1 Å². The van der Waals surface area contributed by atoms with Crippen molar-refractivity contribution < 1.29 is 9.47 Å². The minimum absolute atomic E-state index is 0.185. The summed E-state index contributed by atoms with van der Waals surface area (Å²) < 4.78 is 11.8. The molecule has 0 aliphatic carbocycles. The van der Waals surface area contributed by atoms with Gasteiger partial charge in [0.05, 0.1) is 12.2 Å². The van der Waals surface area contributed by atoms with E-state index in [0.717, 1.165) is 18.4 Å². The molecule has 1 aromatic rings. The van der Waals surface area contributed by atoms with Gasteiger partial charge in [0.2, 0.25) is 0 Å². The summed E-state index contributed by atoms with van der Waals surface area (Å²) in [5.74, 6) is 0. The molecule has 2 heteroatoms. The first-order valence-corrected chi connectivity index (χ1v) is 6.07. The molecule has 1 heterocycles. The van der Waals surface area contributed by atoms with Crippen LogP contribution in [0.5, 0.6) is 0 Å². The van der Waals surface area contributed by atoms with Crippen molar-refractivity contribution >= 4 is 0 Å². The van der Waals surface area contributed by atoms with Gasteiger partial charge in [0.15, 0.2) is 6.29 Å². The lowest BCUT2D eigenvalue weighted by atomic mass is 10.1. The second-order valence-corrected chi connectivity index (χ2v) is 4.54. The van der Waals surface area contributed by atoms with Crippen molar-refractivity contribution in [3.8, 4) is 0 Å². The Kier molecular flexibility index (Phi) is 3.62. The van der Waals surface area contributed by atoms with Crippen LogP contribution in [-0.2, 0) is 9.47 Å². The molecule has 3 atom stereocenters. The van der Waals surface area contributed by atoms with Crippen LogP contribution in [0.4, 0.5) is 0 Å². The van der Waals surface area contributed by atoms with Crippen LogP contribution in [0.15, 0.2) is 24.3 Å². The Bertz CT molecular complexity index is 348. The van der Waals surface area contributed by atoms with Gasteiger partial charge in [0.25, 0.3) is 0 Å². The second-order valence-electron chi connectivity index (χ2n) is 4.54. The van der Waals surface area contributed by atoms with Crippen LogP contribution < -0.4 is 0 Å². The van der Waals surface area contributed by atoms with Gasteiger partial charge >= 0.3 is 0 Å². The molecule has 0 saturated carbocycles. The monoisotopic (exact) mass is 220 g/mol. The van der Waals surface area contributed by atoms with Gasteiger partial charge in [-0.3, -0.25) is 0 Å². The Labute approximate surface area is 97.6 Å². The molecule has 0 radical (unpaired) electrons. The van der Waals surface area contributed by atoms with Crippen LogP contribution in [0.3, 0.4) is 0 Å². The molecule has 0 amide bonds. The largest absolute Gasteiger partial charge is 0.345 e. The number of hydrogen-bond donors (Lipinski definition) is 0. The Morgan fingerprint density at radius 3 is 2.69 bits per heavy atom. The van der Waals surface area contributed by atoms with Crippen LogP contribution in [0.25, 0.3) is 0 Å². The van der Waals surface area contributed by atoms with Gasteiger partial charge in [-0.2, -0.15) is 0 Å². The Balaban J connectivity index is 2.17. The quantitative estimate of drug-likeness (QED) is 0.758. The van der Waals surface area contributed by atoms with Crippen molar-refractivity contribution in [1.82, 2.24) is 0 Å². The Morgan fingerprint density at radius 1 is 1.25 bits per heavy atom. The first-order valence-electron chi connectivity index (χ1n) is 6.07. The van der Waals surface area contributed by atoms with E-state index in [1.165, 1.54) is 5.56 Å². The zero-order chi connectivity index (χ0) is 11.5. The number of hydrogen-bond acceptors (Lipinski definition) is 2. The van der Waals surface area contributed by atoms with Crippen molar-refractivity contribution in [2.45, 2.75) is 52.1 Å². The fraction of sp³-hybridized carbons (Fsp3) is 0.571. The van der Waals surface area contributed by atoms with Gasteiger partial charge in [-0.25, -0.2) is 0 Å². The van der Waals surface area contributed by atoms with Gasteiger partial charge in [-0.15, -0.1) is 0 Å². The van der Waals surface area contributed by atoms with E-state index in [4.69, 9.17) is 9.47 Å². The SMILES string of the molecule is CCC1CC(C)OC(c2ccccc2C)O1. The third kappa shape index (κ3) is 2.45. The van der Waals surface area contributed by atoms with Gasteiger partial charge in [0.1, 0.15) is 0 Å². The van der Waals surface area contributed by atoms with Crippen LogP contribution in [-0.4, -0.2) is 12.2 Å². The molecular weight excluding hydrogens is 200 g/mol. The number of aryl methyl sites for hydroxylation is 1. The summed E-state index contributed by atoms with van der Waals surface area (Å²) >= 11 is 0. The molecule has 1 aliphatic rings. The Hall–Kier alpha value is -0.860. The van der Waals surface area contributed by atoms with E-state index in [0.29, 0.717) is 6.10 Å². The smallest absolute Gasteiger partial charge is 0.184 e. The highest BCUT2D eigenvalue weighted by atomic mass is 16.7. The molecule has 88 valence electrons. The zero-order valence-electron chi connectivity index (χ0n) is 10.3. The molecule has 1 saturated heterocycles. The van der Waals surface area contributed by atoms with Crippen LogP contribution in [0.2, 0.25) is 0 Å². The molecule has 0 N–H and O–H groups in total. The average molecular weight is 220 g/mol. The van der Waals surface area contributed by atoms with E-state index in [9.17, 15) is 0 Å². The minimum atomic E-state index is -0.185. The molecule has 2 rings (SSSR count). The second kappa shape index (κ2) is 4.98. The lowest BCUT2D eigenvalue weighted by molar-refractivity contribution is -0.244. The predicted octanol–water partition coefficient (Wildman–Crippen LogP) is 3.60. The zero-order valence-corrected chi connectivity index (χ0v) is 10.3. The Morgan fingerprint density at radius 2 is 2.00 bits per heavy atom. The van der Waals surface area contributed by atoms with E-state index in [1.54, 1.807) is 0 Å². The molecule has 1 fully saturated rings. The number of rotatable bonds is 2. The summed E-state index contributed by atoms with van der Waals surface area (Å²) in [6.07, 6.45) is 2.47. The molecule has 1 aromatic carbocycles. The van der Waals surface area contributed by atoms with Gasteiger partial charge in [-0.05, 0) is 32.3 Å². The van der Waals surface area contributed by atoms with Crippen molar-refractivity contribution in [2.75, 3.05) is 0 Å². The molecule has 2 nitrogen and oxygen atoms in total. The van der Waals surface area contributed by atoms with E-state index >= 15 is 0 Å². The molecule has 0 spiro atoms. The van der Waals surface area contributed by atoms with E-state index in [-0.39, 0.29) is 12.4 Å². The normalized spacial score (nSPS) is 30.3. The van der Waals surface area contributed by atoms with Gasteiger partial charge < -0.3 is 9.47 Å². The minimum Gasteiger partial charge on any atom is -0.345 e. The van der Waals surface area contributed by atoms with Crippen LogP contribution in [0.1, 0.15) is 44.1 Å². The maximum absolute atomic E-state index is 5.95. The standard InChI is InChI=1S/C14H20O2/c1-4-12-9-11(3)15-14(16-12)13-8-6-5-7-10(13)2/h5-8,11-12,14H,4,9H2,1-3H3. The van der Waals surface area contributed by atoms with E-state index < -0.39 is 0 Å². The molecule has 0 aromatic heterocycles. The first-order chi connectivity index (χ1) is 7.70. The number of benzene rings is 1. The third-order valence-electron chi connectivity index (χ3n) is 3.16. The summed E-state index contributed by atoms with van der Waals surface area (Å²) in [6, 6.07) is 8.27. The summed E-state index contributed by atoms with van der Waals surface area (Å²) in [5, 5.41) is 0. The maximum Gasteiger partial charge on any atom is 0.184 e. The summed E-state index contributed by atoms with van der Waals surface area (Å²) in [4.78, 5) is 0. The average Bonchev–Trinajstić information content (AvgIpc) is 2.28. The molecule has 16 heavy (non-hydrogen) atoms. The molecule has 3 unspecified atom stereocenters. The van der Waals surface area contributed by atoms with Crippen LogP contribution >= 0.6 is 0 Å². The summed E-state index contributed by atoms with van der Waals surface area (Å²) in [6.45, 7) is 6.39. The molecular formula is C14H20O2. The fourth-order valence-corrected chi connectivity index (χ4v) is 2.16.